The SMILES string of the molecule is N#Cc1nn(C(=O)c2ccccc2)c2[nH]c3ccccc3c12. The topological polar surface area (TPSA) is 74.5 Å². The molecule has 0 aliphatic heterocycles. The third kappa shape index (κ3) is 1.64. The van der Waals surface area contributed by atoms with Gasteiger partial charge in [0.15, 0.2) is 5.69 Å². The number of hydrogen-bond donors (Lipinski definition) is 1. The molecule has 0 aliphatic rings. The number of fused-ring (bicyclic) bond motifs is 3. The number of rotatable bonds is 1. The number of hydrogen-bond acceptors (Lipinski definition) is 3. The third-order valence-corrected chi connectivity index (χ3v) is 3.65. The molecule has 4 aromatic rings. The fraction of sp³-hybridized carbons (Fsp3) is 0. The molecule has 104 valence electrons. The minimum atomic E-state index is -0.265. The van der Waals surface area contributed by atoms with E-state index in [9.17, 15) is 10.1 Å². The van der Waals surface area contributed by atoms with E-state index in [0.717, 1.165) is 10.9 Å². The van der Waals surface area contributed by atoms with Gasteiger partial charge in [-0.05, 0) is 18.2 Å². The maximum Gasteiger partial charge on any atom is 0.280 e. The summed E-state index contributed by atoms with van der Waals surface area (Å²) >= 11 is 0. The van der Waals surface area contributed by atoms with E-state index < -0.39 is 0 Å². The van der Waals surface area contributed by atoms with Gasteiger partial charge in [-0.2, -0.15) is 15.0 Å². The van der Waals surface area contributed by atoms with Crippen LogP contribution in [-0.4, -0.2) is 20.7 Å². The second kappa shape index (κ2) is 4.57. The Morgan fingerprint density at radius 1 is 1.09 bits per heavy atom. The Morgan fingerprint density at radius 2 is 1.82 bits per heavy atom. The number of nitriles is 1. The zero-order valence-electron chi connectivity index (χ0n) is 11.4. The number of nitrogens with zero attached hydrogens (tertiary/aromatic N) is 3. The molecule has 2 heterocycles. The number of aromatic nitrogens is 3. The lowest BCUT2D eigenvalue weighted by atomic mass is 10.2. The molecule has 0 amide bonds. The first-order valence-corrected chi connectivity index (χ1v) is 6.79. The highest BCUT2D eigenvalue weighted by Gasteiger charge is 2.20. The molecule has 0 aliphatic carbocycles. The molecule has 0 fully saturated rings. The van der Waals surface area contributed by atoms with Crippen LogP contribution in [0.3, 0.4) is 0 Å². The van der Waals surface area contributed by atoms with Crippen LogP contribution in [0, 0.1) is 11.3 Å². The van der Waals surface area contributed by atoms with E-state index >= 15 is 0 Å². The van der Waals surface area contributed by atoms with E-state index in [1.165, 1.54) is 4.68 Å². The van der Waals surface area contributed by atoms with Crippen molar-refractivity contribution >= 4 is 27.8 Å². The molecular weight excluding hydrogens is 276 g/mol. The molecule has 0 unspecified atom stereocenters. The first-order chi connectivity index (χ1) is 10.8. The summed E-state index contributed by atoms with van der Waals surface area (Å²) in [5.74, 6) is -0.265. The van der Waals surface area contributed by atoms with E-state index in [-0.39, 0.29) is 11.6 Å². The smallest absolute Gasteiger partial charge is 0.280 e. The highest BCUT2D eigenvalue weighted by atomic mass is 16.2. The fourth-order valence-corrected chi connectivity index (χ4v) is 2.65. The van der Waals surface area contributed by atoms with Crippen LogP contribution in [0.15, 0.2) is 54.6 Å². The number of carbonyl (C=O) groups is 1. The van der Waals surface area contributed by atoms with Gasteiger partial charge in [-0.3, -0.25) is 4.79 Å². The van der Waals surface area contributed by atoms with E-state index in [0.29, 0.717) is 16.6 Å². The van der Waals surface area contributed by atoms with Crippen molar-refractivity contribution < 1.29 is 4.79 Å². The summed E-state index contributed by atoms with van der Waals surface area (Å²) in [6.07, 6.45) is 0. The molecule has 0 atom stereocenters. The standard InChI is InChI=1S/C17H10N4O/c18-10-14-15-12-8-4-5-9-13(12)19-16(15)21(20-14)17(22)11-6-2-1-3-7-11/h1-9,19H. The van der Waals surface area contributed by atoms with Crippen molar-refractivity contribution in [1.82, 2.24) is 14.8 Å². The second-order valence-electron chi connectivity index (χ2n) is 4.94. The van der Waals surface area contributed by atoms with Crippen LogP contribution >= 0.6 is 0 Å². The summed E-state index contributed by atoms with van der Waals surface area (Å²) in [4.78, 5) is 15.8. The molecule has 4 rings (SSSR count). The largest absolute Gasteiger partial charge is 0.339 e. The molecule has 5 heteroatoms. The molecular formula is C17H10N4O. The third-order valence-electron chi connectivity index (χ3n) is 3.65. The minimum absolute atomic E-state index is 0.247. The molecule has 0 spiro atoms. The lowest BCUT2D eigenvalue weighted by Gasteiger charge is -2.00. The first kappa shape index (κ1) is 12.4. The van der Waals surface area contributed by atoms with Crippen molar-refractivity contribution in [1.29, 1.82) is 5.26 Å². The van der Waals surface area contributed by atoms with Crippen molar-refractivity contribution in [3.8, 4) is 6.07 Å². The number of carbonyl (C=O) groups excluding carboxylic acids is 1. The van der Waals surface area contributed by atoms with E-state index in [1.54, 1.807) is 24.3 Å². The second-order valence-corrected chi connectivity index (χ2v) is 4.94. The molecule has 0 saturated heterocycles. The van der Waals surface area contributed by atoms with Crippen LogP contribution in [0.25, 0.3) is 21.9 Å². The van der Waals surface area contributed by atoms with Gasteiger partial charge in [0, 0.05) is 16.5 Å². The van der Waals surface area contributed by atoms with Gasteiger partial charge in [0.1, 0.15) is 11.7 Å². The number of aromatic amines is 1. The summed E-state index contributed by atoms with van der Waals surface area (Å²) in [5, 5.41) is 15.1. The van der Waals surface area contributed by atoms with Gasteiger partial charge < -0.3 is 4.98 Å². The summed E-state index contributed by atoms with van der Waals surface area (Å²) in [7, 11) is 0. The predicted octanol–water partition coefficient (Wildman–Crippen LogP) is 3.08. The summed E-state index contributed by atoms with van der Waals surface area (Å²) < 4.78 is 1.27. The van der Waals surface area contributed by atoms with E-state index in [2.05, 4.69) is 16.2 Å². The van der Waals surface area contributed by atoms with Crippen LogP contribution in [0.5, 0.6) is 0 Å². The van der Waals surface area contributed by atoms with Crippen LogP contribution < -0.4 is 0 Å². The number of benzene rings is 2. The highest BCUT2D eigenvalue weighted by Crippen LogP contribution is 2.28. The van der Waals surface area contributed by atoms with Gasteiger partial charge in [-0.1, -0.05) is 36.4 Å². The highest BCUT2D eigenvalue weighted by molar-refractivity contribution is 6.12. The van der Waals surface area contributed by atoms with Gasteiger partial charge >= 0.3 is 0 Å². The van der Waals surface area contributed by atoms with Crippen LogP contribution in [0.1, 0.15) is 16.1 Å². The van der Waals surface area contributed by atoms with Gasteiger partial charge in [0.25, 0.3) is 5.91 Å². The maximum atomic E-state index is 12.6. The summed E-state index contributed by atoms with van der Waals surface area (Å²) in [6.45, 7) is 0. The zero-order chi connectivity index (χ0) is 15.1. The summed E-state index contributed by atoms with van der Waals surface area (Å²) in [5.41, 5.74) is 2.19. The molecule has 22 heavy (non-hydrogen) atoms. The predicted molar refractivity (Wildman–Crippen MR) is 82.5 cm³/mol. The fourth-order valence-electron chi connectivity index (χ4n) is 2.65. The Labute approximate surface area is 125 Å². The first-order valence-electron chi connectivity index (χ1n) is 6.79. The van der Waals surface area contributed by atoms with Gasteiger partial charge in [-0.25, -0.2) is 0 Å². The summed E-state index contributed by atoms with van der Waals surface area (Å²) in [6, 6.07) is 18.6. The lowest BCUT2D eigenvalue weighted by Crippen LogP contribution is -2.13. The van der Waals surface area contributed by atoms with Gasteiger partial charge in [0.2, 0.25) is 0 Å². The Bertz CT molecular complexity index is 1050. The molecule has 1 N–H and O–H groups in total. The maximum absolute atomic E-state index is 12.6. The molecule has 2 aromatic carbocycles. The van der Waals surface area contributed by atoms with Crippen molar-refractivity contribution in [3.63, 3.8) is 0 Å². The molecule has 0 saturated carbocycles. The average Bonchev–Trinajstić information content (AvgIpc) is 3.12. The minimum Gasteiger partial charge on any atom is -0.339 e. The van der Waals surface area contributed by atoms with Crippen molar-refractivity contribution in [2.24, 2.45) is 0 Å². The monoisotopic (exact) mass is 286 g/mol. The van der Waals surface area contributed by atoms with Crippen molar-refractivity contribution in [3.05, 3.63) is 65.9 Å². The average molecular weight is 286 g/mol. The zero-order valence-corrected chi connectivity index (χ0v) is 11.4. The lowest BCUT2D eigenvalue weighted by molar-refractivity contribution is 0.0949. The molecule has 5 nitrogen and oxygen atoms in total. The Balaban J connectivity index is 2.03. The molecule has 2 aromatic heterocycles. The number of nitrogens with one attached hydrogen (secondary N) is 1. The number of para-hydroxylation sites is 1. The van der Waals surface area contributed by atoms with Gasteiger partial charge in [0.05, 0.1) is 5.39 Å². The van der Waals surface area contributed by atoms with Crippen LogP contribution in [0.4, 0.5) is 0 Å². The molecule has 0 bridgehead atoms. The molecule has 0 radical (unpaired) electrons. The number of H-pyrrole nitrogens is 1. The van der Waals surface area contributed by atoms with Crippen LogP contribution in [-0.2, 0) is 0 Å². The normalized spacial score (nSPS) is 10.9. The van der Waals surface area contributed by atoms with Crippen molar-refractivity contribution in [2.45, 2.75) is 0 Å². The van der Waals surface area contributed by atoms with E-state index in [1.807, 2.05) is 30.3 Å². The van der Waals surface area contributed by atoms with Crippen molar-refractivity contribution in [2.75, 3.05) is 0 Å². The van der Waals surface area contributed by atoms with Gasteiger partial charge in [-0.15, -0.1) is 0 Å². The van der Waals surface area contributed by atoms with E-state index in [4.69, 9.17) is 0 Å². The van der Waals surface area contributed by atoms with Crippen LogP contribution in [0.2, 0.25) is 0 Å². The Morgan fingerprint density at radius 3 is 2.59 bits per heavy atom. The Hall–Kier alpha value is -3.39. The Kier molecular flexibility index (Phi) is 2.57. The quantitative estimate of drug-likeness (QED) is 0.584.